The highest BCUT2D eigenvalue weighted by Crippen LogP contribution is 2.31. The topological polar surface area (TPSA) is 49.4 Å². The maximum atomic E-state index is 12.7. The molecule has 1 aliphatic carbocycles. The summed E-state index contributed by atoms with van der Waals surface area (Å²) in [4.78, 5) is 1.06. The van der Waals surface area contributed by atoms with Crippen LogP contribution >= 0.6 is 11.3 Å². The standard InChI is InChI=1S/C13H22N2O2S2/c1-3-15(11-6-4-5-7-11)19(16,17)13-9-8-12(18-13)10-14-2/h8-9,11,14H,3-7,10H2,1-2H3. The number of rotatable bonds is 6. The third-order valence-corrected chi connectivity index (χ3v) is 7.17. The lowest BCUT2D eigenvalue weighted by atomic mass is 10.2. The lowest BCUT2D eigenvalue weighted by molar-refractivity contribution is 0.336. The summed E-state index contributed by atoms with van der Waals surface area (Å²) in [6.45, 7) is 3.21. The van der Waals surface area contributed by atoms with Crippen molar-refractivity contribution in [2.75, 3.05) is 13.6 Å². The van der Waals surface area contributed by atoms with E-state index in [4.69, 9.17) is 0 Å². The van der Waals surface area contributed by atoms with E-state index in [1.54, 1.807) is 10.4 Å². The van der Waals surface area contributed by atoms with Crippen LogP contribution in [0.4, 0.5) is 0 Å². The second-order valence-electron chi connectivity index (χ2n) is 4.90. The van der Waals surface area contributed by atoms with Crippen LogP contribution in [0.2, 0.25) is 0 Å². The molecule has 1 fully saturated rings. The van der Waals surface area contributed by atoms with Crippen molar-refractivity contribution in [1.29, 1.82) is 0 Å². The summed E-state index contributed by atoms with van der Waals surface area (Å²) in [7, 11) is -1.44. The van der Waals surface area contributed by atoms with Gasteiger partial charge in [-0.2, -0.15) is 4.31 Å². The van der Waals surface area contributed by atoms with Crippen LogP contribution in [0, 0.1) is 0 Å². The van der Waals surface area contributed by atoms with Gasteiger partial charge in [0.2, 0.25) is 0 Å². The van der Waals surface area contributed by atoms with Gasteiger partial charge in [0.15, 0.2) is 0 Å². The molecule has 0 bridgehead atoms. The van der Waals surface area contributed by atoms with Crippen LogP contribution in [-0.2, 0) is 16.6 Å². The number of hydrogen-bond donors (Lipinski definition) is 1. The fourth-order valence-corrected chi connectivity index (χ4v) is 5.89. The first-order chi connectivity index (χ1) is 9.09. The van der Waals surface area contributed by atoms with Crippen molar-refractivity contribution in [1.82, 2.24) is 9.62 Å². The molecule has 19 heavy (non-hydrogen) atoms. The monoisotopic (exact) mass is 302 g/mol. The van der Waals surface area contributed by atoms with Gasteiger partial charge in [-0.1, -0.05) is 19.8 Å². The van der Waals surface area contributed by atoms with Crippen LogP contribution < -0.4 is 5.32 Å². The van der Waals surface area contributed by atoms with E-state index in [0.29, 0.717) is 10.8 Å². The first kappa shape index (κ1) is 15.0. The van der Waals surface area contributed by atoms with E-state index in [-0.39, 0.29) is 6.04 Å². The van der Waals surface area contributed by atoms with E-state index in [1.165, 1.54) is 11.3 Å². The zero-order valence-corrected chi connectivity index (χ0v) is 13.2. The Morgan fingerprint density at radius 2 is 2.05 bits per heavy atom. The quantitative estimate of drug-likeness (QED) is 0.878. The predicted octanol–water partition coefficient (Wildman–Crippen LogP) is 2.42. The Morgan fingerprint density at radius 1 is 1.37 bits per heavy atom. The molecule has 0 aromatic carbocycles. The first-order valence-corrected chi connectivity index (χ1v) is 9.10. The molecule has 1 heterocycles. The summed E-state index contributed by atoms with van der Waals surface area (Å²) >= 11 is 1.37. The minimum Gasteiger partial charge on any atom is -0.315 e. The molecule has 1 aromatic rings. The molecule has 108 valence electrons. The SMILES string of the molecule is CCN(C1CCCC1)S(=O)(=O)c1ccc(CNC)s1. The van der Waals surface area contributed by atoms with E-state index in [9.17, 15) is 8.42 Å². The zero-order chi connectivity index (χ0) is 13.9. The molecule has 1 aromatic heterocycles. The van der Waals surface area contributed by atoms with Gasteiger partial charge in [-0.3, -0.25) is 0 Å². The molecule has 0 unspecified atom stereocenters. The first-order valence-electron chi connectivity index (χ1n) is 6.84. The Labute approximate surface area is 119 Å². The van der Waals surface area contributed by atoms with Gasteiger partial charge in [0.05, 0.1) is 0 Å². The van der Waals surface area contributed by atoms with Crippen molar-refractivity contribution < 1.29 is 8.42 Å². The van der Waals surface area contributed by atoms with E-state index in [2.05, 4.69) is 5.32 Å². The summed E-state index contributed by atoms with van der Waals surface area (Å²) in [5, 5.41) is 3.05. The predicted molar refractivity (Wildman–Crippen MR) is 78.9 cm³/mol. The molecule has 0 amide bonds. The molecular formula is C13H22N2O2S2. The molecule has 1 saturated carbocycles. The Bertz CT molecular complexity index is 504. The smallest absolute Gasteiger partial charge is 0.252 e. The van der Waals surface area contributed by atoms with Gasteiger partial charge >= 0.3 is 0 Å². The normalized spacial score (nSPS) is 17.4. The van der Waals surface area contributed by atoms with Gasteiger partial charge < -0.3 is 5.32 Å². The Balaban J connectivity index is 2.23. The molecule has 0 atom stereocenters. The molecule has 1 N–H and O–H groups in total. The van der Waals surface area contributed by atoms with E-state index >= 15 is 0 Å². The molecule has 4 nitrogen and oxygen atoms in total. The van der Waals surface area contributed by atoms with Crippen molar-refractivity contribution >= 4 is 21.4 Å². The van der Waals surface area contributed by atoms with Gasteiger partial charge in [-0.25, -0.2) is 8.42 Å². The molecule has 0 radical (unpaired) electrons. The van der Waals surface area contributed by atoms with Gasteiger partial charge in [0.25, 0.3) is 10.0 Å². The molecule has 1 aliphatic rings. The largest absolute Gasteiger partial charge is 0.315 e. The van der Waals surface area contributed by atoms with Crippen molar-refractivity contribution in [3.63, 3.8) is 0 Å². The summed E-state index contributed by atoms with van der Waals surface area (Å²) in [6.07, 6.45) is 4.29. The van der Waals surface area contributed by atoms with Crippen LogP contribution in [0.25, 0.3) is 0 Å². The van der Waals surface area contributed by atoms with E-state index < -0.39 is 10.0 Å². The van der Waals surface area contributed by atoms with Crippen molar-refractivity contribution in [3.8, 4) is 0 Å². The number of hydrogen-bond acceptors (Lipinski definition) is 4. The highest BCUT2D eigenvalue weighted by Gasteiger charge is 2.32. The lowest BCUT2D eigenvalue weighted by Crippen LogP contribution is -2.38. The second kappa shape index (κ2) is 6.35. The third kappa shape index (κ3) is 3.18. The Kier molecular flexibility index (Phi) is 5.00. The summed E-state index contributed by atoms with van der Waals surface area (Å²) in [5.41, 5.74) is 0. The van der Waals surface area contributed by atoms with Crippen LogP contribution in [0.3, 0.4) is 0 Å². The maximum absolute atomic E-state index is 12.7. The lowest BCUT2D eigenvalue weighted by Gasteiger charge is -2.25. The van der Waals surface area contributed by atoms with Crippen LogP contribution in [0.15, 0.2) is 16.3 Å². The summed E-state index contributed by atoms with van der Waals surface area (Å²) in [6, 6.07) is 3.84. The van der Waals surface area contributed by atoms with Crippen molar-refractivity contribution in [2.45, 2.75) is 49.4 Å². The fraction of sp³-hybridized carbons (Fsp3) is 0.692. The van der Waals surface area contributed by atoms with E-state index in [0.717, 1.165) is 37.1 Å². The van der Waals surface area contributed by atoms with Crippen molar-refractivity contribution in [2.24, 2.45) is 0 Å². The average Bonchev–Trinajstić information content (AvgIpc) is 3.01. The van der Waals surface area contributed by atoms with Gasteiger partial charge in [-0.15, -0.1) is 11.3 Å². The highest BCUT2D eigenvalue weighted by atomic mass is 32.2. The van der Waals surface area contributed by atoms with Crippen LogP contribution in [-0.4, -0.2) is 32.4 Å². The summed E-state index contributed by atoms with van der Waals surface area (Å²) < 4.78 is 27.5. The van der Waals surface area contributed by atoms with Gasteiger partial charge in [-0.05, 0) is 32.0 Å². The zero-order valence-electron chi connectivity index (χ0n) is 11.6. The molecule has 6 heteroatoms. The minimum atomic E-state index is -3.31. The second-order valence-corrected chi connectivity index (χ2v) is 8.18. The molecule has 0 aliphatic heterocycles. The highest BCUT2D eigenvalue weighted by molar-refractivity contribution is 7.91. The van der Waals surface area contributed by atoms with Crippen LogP contribution in [0.1, 0.15) is 37.5 Å². The van der Waals surface area contributed by atoms with Gasteiger partial charge in [0, 0.05) is 24.0 Å². The van der Waals surface area contributed by atoms with Crippen molar-refractivity contribution in [3.05, 3.63) is 17.0 Å². The number of thiophene rings is 1. The average molecular weight is 302 g/mol. The Hall–Kier alpha value is -0.430. The molecule has 0 saturated heterocycles. The molecule has 0 spiro atoms. The number of nitrogens with zero attached hydrogens (tertiary/aromatic N) is 1. The molecule has 2 rings (SSSR count). The minimum absolute atomic E-state index is 0.199. The molecular weight excluding hydrogens is 280 g/mol. The van der Waals surface area contributed by atoms with E-state index in [1.807, 2.05) is 20.0 Å². The van der Waals surface area contributed by atoms with Gasteiger partial charge in [0.1, 0.15) is 4.21 Å². The number of sulfonamides is 1. The Morgan fingerprint density at radius 3 is 2.63 bits per heavy atom. The number of nitrogens with one attached hydrogen (secondary N) is 1. The summed E-state index contributed by atoms with van der Waals surface area (Å²) in [5.74, 6) is 0. The van der Waals surface area contributed by atoms with Crippen LogP contribution in [0.5, 0.6) is 0 Å². The maximum Gasteiger partial charge on any atom is 0.252 e. The fourth-order valence-electron chi connectivity index (χ4n) is 2.70. The third-order valence-electron chi connectivity index (χ3n) is 3.59.